The fraction of sp³-hybridized carbons (Fsp3) is 0.267. The van der Waals surface area contributed by atoms with E-state index in [1.165, 1.54) is 0 Å². The van der Waals surface area contributed by atoms with Gasteiger partial charge in [0.15, 0.2) is 0 Å². The lowest BCUT2D eigenvalue weighted by atomic mass is 9.76. The largest absolute Gasteiger partial charge is 0.314 e. The fourth-order valence-electron chi connectivity index (χ4n) is 2.69. The van der Waals surface area contributed by atoms with Crippen molar-refractivity contribution in [2.24, 2.45) is 0 Å². The number of hydrogen-bond acceptors (Lipinski definition) is 1. The lowest BCUT2D eigenvalue weighted by Gasteiger charge is -2.25. The third-order valence-electron chi connectivity index (χ3n) is 3.48. The van der Waals surface area contributed by atoms with E-state index in [9.17, 15) is 4.79 Å². The first-order valence-electron chi connectivity index (χ1n) is 5.77. The average molecular weight is 227 g/mol. The molecule has 0 spiro atoms. The molecule has 1 aliphatic rings. The highest BCUT2D eigenvalue weighted by Gasteiger charge is 2.47. The highest BCUT2D eigenvalue weighted by atomic mass is 16.2. The maximum Gasteiger partial charge on any atom is 0.238 e. The number of carbonyl (C=O) groups is 1. The van der Waals surface area contributed by atoms with Crippen molar-refractivity contribution in [3.8, 4) is 0 Å². The number of hydrogen-bond donors (Lipinski definition) is 0. The first kappa shape index (κ1) is 11.6. The van der Waals surface area contributed by atoms with Crippen molar-refractivity contribution < 1.29 is 4.79 Å². The van der Waals surface area contributed by atoms with Crippen LogP contribution in [0.25, 0.3) is 0 Å². The Hall–Kier alpha value is -1.83. The molecule has 0 N–H and O–H groups in total. The molecule has 1 aromatic rings. The third-order valence-corrected chi connectivity index (χ3v) is 3.48. The Morgan fingerprint density at radius 2 is 1.82 bits per heavy atom. The molecule has 0 aliphatic carbocycles. The summed E-state index contributed by atoms with van der Waals surface area (Å²) in [7, 11) is 1.83. The van der Waals surface area contributed by atoms with Crippen molar-refractivity contribution in [2.45, 2.75) is 18.3 Å². The topological polar surface area (TPSA) is 20.3 Å². The second-order valence-corrected chi connectivity index (χ2v) is 4.45. The molecular weight excluding hydrogens is 210 g/mol. The van der Waals surface area contributed by atoms with Crippen LogP contribution in [0.1, 0.15) is 18.4 Å². The fourth-order valence-corrected chi connectivity index (χ4v) is 2.69. The predicted octanol–water partition coefficient (Wildman–Crippen LogP) is 3.05. The minimum absolute atomic E-state index is 0.138. The Labute approximate surface area is 102 Å². The molecule has 2 rings (SSSR count). The minimum Gasteiger partial charge on any atom is -0.314 e. The first-order valence-corrected chi connectivity index (χ1v) is 5.77. The normalized spacial score (nSPS) is 16.8. The van der Waals surface area contributed by atoms with Gasteiger partial charge < -0.3 is 4.90 Å². The van der Waals surface area contributed by atoms with Gasteiger partial charge in [-0.25, -0.2) is 0 Å². The number of rotatable bonds is 4. The van der Waals surface area contributed by atoms with Gasteiger partial charge in [-0.05, 0) is 24.5 Å². The van der Waals surface area contributed by atoms with Crippen molar-refractivity contribution in [1.82, 2.24) is 0 Å². The SMILES string of the molecule is C=CCC1(CC=C)C(=O)N(C)c2ccccc21. The van der Waals surface area contributed by atoms with Gasteiger partial charge in [-0.2, -0.15) is 0 Å². The first-order chi connectivity index (χ1) is 8.17. The number of anilines is 1. The summed E-state index contributed by atoms with van der Waals surface area (Å²) in [5, 5.41) is 0. The molecular formula is C15H17NO. The van der Waals surface area contributed by atoms with E-state index in [4.69, 9.17) is 0 Å². The van der Waals surface area contributed by atoms with Crippen LogP contribution in [0.5, 0.6) is 0 Å². The molecule has 1 aromatic carbocycles. The van der Waals surface area contributed by atoms with Crippen LogP contribution in [-0.4, -0.2) is 13.0 Å². The second kappa shape index (κ2) is 4.21. The number of fused-ring (bicyclic) bond motifs is 1. The number of nitrogens with zero attached hydrogens (tertiary/aromatic N) is 1. The molecule has 88 valence electrons. The summed E-state index contributed by atoms with van der Waals surface area (Å²) in [4.78, 5) is 14.2. The third kappa shape index (κ3) is 1.52. The molecule has 17 heavy (non-hydrogen) atoms. The molecule has 2 nitrogen and oxygen atoms in total. The van der Waals surface area contributed by atoms with Crippen LogP contribution in [0.4, 0.5) is 5.69 Å². The molecule has 0 saturated heterocycles. The van der Waals surface area contributed by atoms with Crippen LogP contribution in [0.2, 0.25) is 0 Å². The summed E-state index contributed by atoms with van der Waals surface area (Å²) in [6.45, 7) is 7.56. The van der Waals surface area contributed by atoms with Crippen LogP contribution < -0.4 is 4.90 Å². The minimum atomic E-state index is -0.491. The average Bonchev–Trinajstić information content (AvgIpc) is 2.55. The van der Waals surface area contributed by atoms with Crippen LogP contribution in [-0.2, 0) is 10.2 Å². The van der Waals surface area contributed by atoms with E-state index >= 15 is 0 Å². The van der Waals surface area contributed by atoms with Crippen molar-refractivity contribution in [2.75, 3.05) is 11.9 Å². The molecule has 0 unspecified atom stereocenters. The van der Waals surface area contributed by atoms with E-state index in [1.807, 2.05) is 43.5 Å². The Morgan fingerprint density at radius 3 is 2.41 bits per heavy atom. The van der Waals surface area contributed by atoms with E-state index in [0.29, 0.717) is 12.8 Å². The number of benzene rings is 1. The molecule has 1 amide bonds. The van der Waals surface area contributed by atoms with Gasteiger partial charge >= 0.3 is 0 Å². The summed E-state index contributed by atoms with van der Waals surface area (Å²) >= 11 is 0. The quantitative estimate of drug-likeness (QED) is 0.724. The number of amides is 1. The van der Waals surface area contributed by atoms with Crippen LogP contribution in [0.15, 0.2) is 49.6 Å². The van der Waals surface area contributed by atoms with Gasteiger partial charge in [-0.3, -0.25) is 4.79 Å². The lowest BCUT2D eigenvalue weighted by Crippen LogP contribution is -2.37. The van der Waals surface area contributed by atoms with Crippen molar-refractivity contribution in [1.29, 1.82) is 0 Å². The number of likely N-dealkylation sites (N-methyl/N-ethyl adjacent to an activating group) is 1. The summed E-state index contributed by atoms with van der Waals surface area (Å²) in [5.74, 6) is 0.138. The summed E-state index contributed by atoms with van der Waals surface area (Å²) in [6, 6.07) is 7.96. The van der Waals surface area contributed by atoms with Gasteiger partial charge in [0.2, 0.25) is 5.91 Å². The van der Waals surface area contributed by atoms with E-state index in [-0.39, 0.29) is 5.91 Å². The van der Waals surface area contributed by atoms with Gasteiger partial charge in [0.1, 0.15) is 0 Å². The molecule has 0 atom stereocenters. The number of para-hydroxylation sites is 1. The molecule has 1 heterocycles. The zero-order valence-electron chi connectivity index (χ0n) is 10.1. The van der Waals surface area contributed by atoms with Crippen LogP contribution in [0.3, 0.4) is 0 Å². The maximum absolute atomic E-state index is 12.5. The smallest absolute Gasteiger partial charge is 0.238 e. The molecule has 0 radical (unpaired) electrons. The standard InChI is InChI=1S/C15H17NO/c1-4-10-15(11-5-2)12-8-6-7-9-13(12)16(3)14(15)17/h4-9H,1-2,10-11H2,3H3. The highest BCUT2D eigenvalue weighted by Crippen LogP contribution is 2.45. The molecule has 0 saturated carbocycles. The van der Waals surface area contributed by atoms with Crippen molar-refractivity contribution in [3.63, 3.8) is 0 Å². The van der Waals surface area contributed by atoms with E-state index in [2.05, 4.69) is 13.2 Å². The van der Waals surface area contributed by atoms with E-state index in [1.54, 1.807) is 4.90 Å². The molecule has 2 heteroatoms. The van der Waals surface area contributed by atoms with Crippen LogP contribution >= 0.6 is 0 Å². The Morgan fingerprint density at radius 1 is 1.24 bits per heavy atom. The zero-order valence-corrected chi connectivity index (χ0v) is 10.1. The predicted molar refractivity (Wildman–Crippen MR) is 71.2 cm³/mol. The summed E-state index contributed by atoms with van der Waals surface area (Å²) < 4.78 is 0. The van der Waals surface area contributed by atoms with Crippen LogP contribution in [0, 0.1) is 0 Å². The molecule has 0 fully saturated rings. The monoisotopic (exact) mass is 227 g/mol. The number of carbonyl (C=O) groups excluding carboxylic acids is 1. The van der Waals surface area contributed by atoms with Gasteiger partial charge in [-0.1, -0.05) is 30.4 Å². The number of allylic oxidation sites excluding steroid dienone is 2. The van der Waals surface area contributed by atoms with E-state index < -0.39 is 5.41 Å². The molecule has 1 aliphatic heterocycles. The zero-order chi connectivity index (χ0) is 12.5. The molecule has 0 bridgehead atoms. The van der Waals surface area contributed by atoms with Gasteiger partial charge in [0.05, 0.1) is 5.41 Å². The van der Waals surface area contributed by atoms with E-state index in [0.717, 1.165) is 11.3 Å². The summed E-state index contributed by atoms with van der Waals surface area (Å²) in [6.07, 6.45) is 4.94. The van der Waals surface area contributed by atoms with Gasteiger partial charge in [0.25, 0.3) is 0 Å². The Balaban J connectivity index is 2.62. The van der Waals surface area contributed by atoms with Gasteiger partial charge in [-0.15, -0.1) is 13.2 Å². The Kier molecular flexibility index (Phi) is 2.88. The highest BCUT2D eigenvalue weighted by molar-refractivity contribution is 6.08. The van der Waals surface area contributed by atoms with Gasteiger partial charge in [0, 0.05) is 12.7 Å². The van der Waals surface area contributed by atoms with Crippen molar-refractivity contribution >= 4 is 11.6 Å². The molecule has 0 aromatic heterocycles. The maximum atomic E-state index is 12.5. The lowest BCUT2D eigenvalue weighted by molar-refractivity contribution is -0.122. The van der Waals surface area contributed by atoms with Crippen molar-refractivity contribution in [3.05, 3.63) is 55.1 Å². The Bertz CT molecular complexity index is 466. The second-order valence-electron chi connectivity index (χ2n) is 4.45. The summed E-state index contributed by atoms with van der Waals surface area (Å²) in [5.41, 5.74) is 1.60.